The van der Waals surface area contributed by atoms with Gasteiger partial charge in [0.25, 0.3) is 0 Å². The van der Waals surface area contributed by atoms with E-state index in [0.29, 0.717) is 12.4 Å². The van der Waals surface area contributed by atoms with E-state index in [9.17, 15) is 0 Å². The number of halogens is 1. The number of nitrogen functional groups attached to an aromatic ring is 1. The molecular formula is C7H7ClN4S. The van der Waals surface area contributed by atoms with Crippen LogP contribution in [0.25, 0.3) is 0 Å². The fourth-order valence-corrected chi connectivity index (χ4v) is 1.91. The van der Waals surface area contributed by atoms with Crippen molar-refractivity contribution in [1.29, 1.82) is 0 Å². The van der Waals surface area contributed by atoms with Crippen molar-refractivity contribution in [2.45, 2.75) is 6.54 Å². The van der Waals surface area contributed by atoms with E-state index < -0.39 is 0 Å². The molecule has 6 heteroatoms. The van der Waals surface area contributed by atoms with Gasteiger partial charge in [-0.2, -0.15) is 0 Å². The molecule has 2 aromatic rings. The van der Waals surface area contributed by atoms with Crippen molar-refractivity contribution in [2.24, 2.45) is 0 Å². The molecule has 0 fully saturated rings. The highest BCUT2D eigenvalue weighted by molar-refractivity contribution is 7.14. The Hall–Kier alpha value is -1.07. The molecule has 0 atom stereocenters. The molecule has 0 bridgehead atoms. The molecule has 0 saturated heterocycles. The molecule has 0 saturated carbocycles. The number of hydrogen-bond acceptors (Lipinski definition) is 4. The van der Waals surface area contributed by atoms with Gasteiger partial charge in [-0.3, -0.25) is 0 Å². The zero-order valence-corrected chi connectivity index (χ0v) is 8.22. The van der Waals surface area contributed by atoms with E-state index in [2.05, 4.69) is 10.3 Å². The number of nitrogens with zero attached hydrogens (tertiary/aromatic N) is 3. The second kappa shape index (κ2) is 3.35. The summed E-state index contributed by atoms with van der Waals surface area (Å²) >= 11 is 7.28. The third-order valence-corrected chi connectivity index (χ3v) is 2.66. The summed E-state index contributed by atoms with van der Waals surface area (Å²) in [6.07, 6.45) is 1.69. The first-order valence-electron chi connectivity index (χ1n) is 3.62. The van der Waals surface area contributed by atoms with Gasteiger partial charge in [0.1, 0.15) is 0 Å². The lowest BCUT2D eigenvalue weighted by atomic mass is 10.3. The monoisotopic (exact) mass is 214 g/mol. The highest BCUT2D eigenvalue weighted by Crippen LogP contribution is 2.20. The first-order chi connectivity index (χ1) is 6.24. The largest absolute Gasteiger partial charge is 0.381 e. The Labute approximate surface area is 83.9 Å². The predicted molar refractivity (Wildman–Crippen MR) is 52.9 cm³/mol. The highest BCUT2D eigenvalue weighted by atomic mass is 35.5. The summed E-state index contributed by atoms with van der Waals surface area (Å²) in [5.74, 6) is 0.432. The molecule has 0 aromatic carbocycles. The number of aromatic nitrogens is 3. The van der Waals surface area contributed by atoms with Crippen LogP contribution in [0, 0.1) is 0 Å². The molecule has 0 spiro atoms. The van der Waals surface area contributed by atoms with Crippen molar-refractivity contribution in [3.63, 3.8) is 0 Å². The molecule has 0 aliphatic heterocycles. The van der Waals surface area contributed by atoms with Crippen molar-refractivity contribution < 1.29 is 0 Å². The zero-order valence-electron chi connectivity index (χ0n) is 6.64. The van der Waals surface area contributed by atoms with Gasteiger partial charge >= 0.3 is 0 Å². The molecule has 2 N–H and O–H groups in total. The summed E-state index contributed by atoms with van der Waals surface area (Å²) < 4.78 is 2.45. The molecule has 0 aliphatic carbocycles. The molecule has 2 heterocycles. The van der Waals surface area contributed by atoms with Crippen molar-refractivity contribution in [2.75, 3.05) is 5.73 Å². The van der Waals surface area contributed by atoms with Gasteiger partial charge in [-0.05, 0) is 17.0 Å². The fourth-order valence-electron chi connectivity index (χ4n) is 1.01. The maximum atomic E-state index is 5.78. The lowest BCUT2D eigenvalue weighted by molar-refractivity contribution is 0.651. The Morgan fingerprint density at radius 2 is 2.46 bits per heavy atom. The minimum absolute atomic E-state index is 0.432. The van der Waals surface area contributed by atoms with E-state index in [1.807, 2.05) is 11.4 Å². The quantitative estimate of drug-likeness (QED) is 0.827. The molecule has 4 nitrogen and oxygen atoms in total. The van der Waals surface area contributed by atoms with Gasteiger partial charge in [0.15, 0.2) is 5.82 Å². The second-order valence-corrected chi connectivity index (χ2v) is 4.14. The van der Waals surface area contributed by atoms with Gasteiger partial charge in [0, 0.05) is 0 Å². The highest BCUT2D eigenvalue weighted by Gasteiger charge is 2.00. The summed E-state index contributed by atoms with van der Waals surface area (Å²) in [5.41, 5.74) is 6.53. The first kappa shape index (κ1) is 8.52. The SMILES string of the molecule is Nc1cn(Cc2csc(Cl)c2)nn1. The summed E-state index contributed by atoms with van der Waals surface area (Å²) in [5, 5.41) is 9.49. The minimum atomic E-state index is 0.432. The molecule has 13 heavy (non-hydrogen) atoms. The molecular weight excluding hydrogens is 208 g/mol. The third-order valence-electron chi connectivity index (χ3n) is 1.52. The summed E-state index contributed by atoms with van der Waals surface area (Å²) in [6.45, 7) is 0.660. The van der Waals surface area contributed by atoms with E-state index in [-0.39, 0.29) is 0 Å². The molecule has 0 radical (unpaired) electrons. The van der Waals surface area contributed by atoms with Crippen LogP contribution < -0.4 is 5.73 Å². The molecule has 0 unspecified atom stereocenters. The predicted octanol–water partition coefficient (Wildman–Crippen LogP) is 1.62. The molecule has 0 amide bonds. The number of nitrogens with two attached hydrogens (primary N) is 1. The Morgan fingerprint density at radius 1 is 1.62 bits per heavy atom. The van der Waals surface area contributed by atoms with Crippen LogP contribution in [0.3, 0.4) is 0 Å². The average Bonchev–Trinajstić information content (AvgIpc) is 2.62. The van der Waals surface area contributed by atoms with Gasteiger partial charge in [-0.1, -0.05) is 16.8 Å². The molecule has 0 aliphatic rings. The van der Waals surface area contributed by atoms with E-state index in [1.54, 1.807) is 10.9 Å². The van der Waals surface area contributed by atoms with Crippen LogP contribution in [0.4, 0.5) is 5.82 Å². The van der Waals surface area contributed by atoms with Crippen LogP contribution in [-0.4, -0.2) is 15.0 Å². The van der Waals surface area contributed by atoms with E-state index >= 15 is 0 Å². The Balaban J connectivity index is 2.14. The van der Waals surface area contributed by atoms with Crippen LogP contribution in [0.1, 0.15) is 5.56 Å². The van der Waals surface area contributed by atoms with Gasteiger partial charge in [0.2, 0.25) is 0 Å². The zero-order chi connectivity index (χ0) is 9.26. The van der Waals surface area contributed by atoms with Crippen LogP contribution in [0.5, 0.6) is 0 Å². The lowest BCUT2D eigenvalue weighted by Crippen LogP contribution is -1.98. The van der Waals surface area contributed by atoms with Crippen LogP contribution in [0.15, 0.2) is 17.6 Å². The van der Waals surface area contributed by atoms with Crippen LogP contribution in [-0.2, 0) is 6.54 Å². The van der Waals surface area contributed by atoms with Gasteiger partial charge in [-0.25, -0.2) is 4.68 Å². The van der Waals surface area contributed by atoms with E-state index in [1.165, 1.54) is 11.3 Å². The maximum absolute atomic E-state index is 5.78. The third kappa shape index (κ3) is 1.99. The summed E-state index contributed by atoms with van der Waals surface area (Å²) in [6, 6.07) is 1.91. The van der Waals surface area contributed by atoms with Crippen molar-refractivity contribution in [1.82, 2.24) is 15.0 Å². The standard InChI is InChI=1S/C7H7ClN4S/c8-6-1-5(4-13-6)2-12-3-7(9)10-11-12/h1,3-4H,2,9H2. The van der Waals surface area contributed by atoms with Crippen molar-refractivity contribution in [3.8, 4) is 0 Å². The maximum Gasteiger partial charge on any atom is 0.165 e. The minimum Gasteiger partial charge on any atom is -0.381 e. The molecule has 2 rings (SSSR count). The van der Waals surface area contributed by atoms with E-state index in [4.69, 9.17) is 17.3 Å². The van der Waals surface area contributed by atoms with Crippen molar-refractivity contribution >= 4 is 28.8 Å². The van der Waals surface area contributed by atoms with E-state index in [0.717, 1.165) is 9.90 Å². The topological polar surface area (TPSA) is 56.7 Å². The number of rotatable bonds is 2. The fraction of sp³-hybridized carbons (Fsp3) is 0.143. The van der Waals surface area contributed by atoms with Crippen LogP contribution in [0.2, 0.25) is 4.34 Å². The van der Waals surface area contributed by atoms with Gasteiger partial charge in [-0.15, -0.1) is 16.4 Å². The lowest BCUT2D eigenvalue weighted by Gasteiger charge is -1.94. The van der Waals surface area contributed by atoms with Crippen molar-refractivity contribution in [3.05, 3.63) is 27.5 Å². The second-order valence-electron chi connectivity index (χ2n) is 2.60. The molecule has 2 aromatic heterocycles. The first-order valence-corrected chi connectivity index (χ1v) is 4.88. The number of hydrogen-bond donors (Lipinski definition) is 1. The summed E-state index contributed by atoms with van der Waals surface area (Å²) in [7, 11) is 0. The summed E-state index contributed by atoms with van der Waals surface area (Å²) in [4.78, 5) is 0. The number of thiophene rings is 1. The Bertz CT molecular complexity index is 370. The smallest absolute Gasteiger partial charge is 0.165 e. The average molecular weight is 215 g/mol. The van der Waals surface area contributed by atoms with Gasteiger partial charge in [0.05, 0.1) is 17.1 Å². The number of anilines is 1. The normalized spacial score (nSPS) is 10.5. The van der Waals surface area contributed by atoms with Gasteiger partial charge < -0.3 is 5.73 Å². The Morgan fingerprint density at radius 3 is 3.00 bits per heavy atom. The Kier molecular flexibility index (Phi) is 2.20. The molecule has 68 valence electrons. The van der Waals surface area contributed by atoms with Crippen LogP contribution >= 0.6 is 22.9 Å².